The Morgan fingerprint density at radius 2 is 2.18 bits per heavy atom. The van der Waals surface area contributed by atoms with Crippen LogP contribution in [0, 0.1) is 0 Å². The molecule has 0 aromatic heterocycles. The van der Waals surface area contributed by atoms with Crippen molar-refractivity contribution < 1.29 is 9.90 Å². The Hall–Kier alpha value is -1.55. The van der Waals surface area contributed by atoms with Crippen LogP contribution in [0.2, 0.25) is 0 Å². The summed E-state index contributed by atoms with van der Waals surface area (Å²) in [7, 11) is 0. The Labute approximate surface area is 101 Å². The van der Waals surface area contributed by atoms with Crippen molar-refractivity contribution in [1.29, 1.82) is 0 Å². The normalized spacial score (nSPS) is 15.2. The van der Waals surface area contributed by atoms with Gasteiger partial charge in [-0.05, 0) is 44.0 Å². The molecule has 1 aromatic rings. The number of nitrogens with zero attached hydrogens (tertiary/aromatic N) is 1. The van der Waals surface area contributed by atoms with E-state index < -0.39 is 0 Å². The van der Waals surface area contributed by atoms with Crippen molar-refractivity contribution in [2.75, 3.05) is 17.2 Å². The monoisotopic (exact) mass is 234 g/mol. The number of anilines is 2. The number of fused-ring (bicyclic) bond motifs is 1. The summed E-state index contributed by atoms with van der Waals surface area (Å²) in [6, 6.07) is 5.54. The molecule has 1 aliphatic heterocycles. The van der Waals surface area contributed by atoms with Crippen LogP contribution in [0.5, 0.6) is 0 Å². The zero-order valence-electron chi connectivity index (χ0n) is 10.2. The summed E-state index contributed by atoms with van der Waals surface area (Å²) < 4.78 is 0. The highest BCUT2D eigenvalue weighted by molar-refractivity contribution is 6.02. The lowest BCUT2D eigenvalue weighted by Gasteiger charge is -2.35. The van der Waals surface area contributed by atoms with Crippen molar-refractivity contribution in [3.8, 4) is 0 Å². The number of carbonyl (C=O) groups excluding carboxylic acids is 1. The van der Waals surface area contributed by atoms with Gasteiger partial charge in [0.1, 0.15) is 0 Å². The zero-order chi connectivity index (χ0) is 12.6. The van der Waals surface area contributed by atoms with Gasteiger partial charge < -0.3 is 15.7 Å². The second kappa shape index (κ2) is 4.04. The fourth-order valence-electron chi connectivity index (χ4n) is 2.39. The number of nitrogen functional groups attached to an aromatic ring is 1. The lowest BCUT2D eigenvalue weighted by Crippen LogP contribution is -2.46. The molecule has 2 rings (SSSR count). The minimum atomic E-state index is -0.368. The molecule has 0 atom stereocenters. The molecule has 0 fully saturated rings. The molecule has 3 N–H and O–H groups in total. The minimum absolute atomic E-state index is 0.0705. The van der Waals surface area contributed by atoms with Crippen molar-refractivity contribution in [3.63, 3.8) is 0 Å². The van der Waals surface area contributed by atoms with Crippen molar-refractivity contribution >= 4 is 17.3 Å². The maximum Gasteiger partial charge on any atom is 0.231 e. The average molecular weight is 234 g/mol. The van der Waals surface area contributed by atoms with Gasteiger partial charge in [0.15, 0.2) is 0 Å². The van der Waals surface area contributed by atoms with Crippen molar-refractivity contribution in [3.05, 3.63) is 23.8 Å². The smallest absolute Gasteiger partial charge is 0.231 e. The Bertz CT molecular complexity index is 455. The van der Waals surface area contributed by atoms with E-state index in [9.17, 15) is 4.79 Å². The van der Waals surface area contributed by atoms with E-state index in [2.05, 4.69) is 0 Å². The van der Waals surface area contributed by atoms with E-state index in [0.29, 0.717) is 18.5 Å². The first-order valence-corrected chi connectivity index (χ1v) is 5.78. The van der Waals surface area contributed by atoms with Gasteiger partial charge >= 0.3 is 0 Å². The second-order valence-corrected chi connectivity index (χ2v) is 5.08. The molecular weight excluding hydrogens is 216 g/mol. The van der Waals surface area contributed by atoms with Gasteiger partial charge in [-0.15, -0.1) is 0 Å². The Morgan fingerprint density at radius 1 is 1.47 bits per heavy atom. The molecular formula is C13H18N2O2. The molecule has 0 bridgehead atoms. The van der Waals surface area contributed by atoms with E-state index in [4.69, 9.17) is 10.8 Å². The number of hydrogen-bond acceptors (Lipinski definition) is 3. The number of amides is 1. The Morgan fingerprint density at radius 3 is 2.82 bits per heavy atom. The third-order valence-electron chi connectivity index (χ3n) is 3.26. The maximum absolute atomic E-state index is 12.1. The highest BCUT2D eigenvalue weighted by Crippen LogP contribution is 2.36. The van der Waals surface area contributed by atoms with Crippen LogP contribution in [0.3, 0.4) is 0 Å². The summed E-state index contributed by atoms with van der Waals surface area (Å²) in [5.74, 6) is 0.0732. The average Bonchev–Trinajstić information content (AvgIpc) is 2.53. The quantitative estimate of drug-likeness (QED) is 0.775. The third kappa shape index (κ3) is 2.00. The molecule has 17 heavy (non-hydrogen) atoms. The molecule has 0 aliphatic carbocycles. The summed E-state index contributed by atoms with van der Waals surface area (Å²) in [5, 5.41) is 9.08. The molecule has 0 radical (unpaired) electrons. The fourth-order valence-corrected chi connectivity index (χ4v) is 2.39. The van der Waals surface area contributed by atoms with E-state index in [1.165, 1.54) is 0 Å². The molecule has 0 spiro atoms. The van der Waals surface area contributed by atoms with Crippen LogP contribution in [-0.4, -0.2) is 23.2 Å². The highest BCUT2D eigenvalue weighted by atomic mass is 16.3. The van der Waals surface area contributed by atoms with Crippen LogP contribution in [0.15, 0.2) is 18.2 Å². The highest BCUT2D eigenvalue weighted by Gasteiger charge is 2.37. The van der Waals surface area contributed by atoms with Gasteiger partial charge in [-0.3, -0.25) is 4.79 Å². The summed E-state index contributed by atoms with van der Waals surface area (Å²) in [6.45, 7) is 4.00. The van der Waals surface area contributed by atoms with E-state index in [1.807, 2.05) is 26.0 Å². The molecule has 1 aliphatic rings. The molecule has 4 nitrogen and oxygen atoms in total. The van der Waals surface area contributed by atoms with Crippen LogP contribution >= 0.6 is 0 Å². The fraction of sp³-hybridized carbons (Fsp3) is 0.462. The van der Waals surface area contributed by atoms with Crippen LogP contribution in [-0.2, 0) is 11.2 Å². The predicted octanol–water partition coefficient (Wildman–Crippen LogP) is 1.32. The number of aliphatic hydroxyl groups is 1. The van der Waals surface area contributed by atoms with Crippen molar-refractivity contribution in [2.24, 2.45) is 0 Å². The summed E-state index contributed by atoms with van der Waals surface area (Å²) >= 11 is 0. The van der Waals surface area contributed by atoms with Crippen LogP contribution in [0.1, 0.15) is 25.8 Å². The van der Waals surface area contributed by atoms with Crippen molar-refractivity contribution in [2.45, 2.75) is 32.2 Å². The topological polar surface area (TPSA) is 66.6 Å². The number of carbonyl (C=O) groups is 1. The van der Waals surface area contributed by atoms with Gasteiger partial charge in [0, 0.05) is 23.5 Å². The van der Waals surface area contributed by atoms with E-state index in [1.54, 1.807) is 11.0 Å². The Balaban J connectivity index is 2.41. The summed E-state index contributed by atoms with van der Waals surface area (Å²) in [4.78, 5) is 13.8. The molecule has 1 amide bonds. The van der Waals surface area contributed by atoms with Crippen LogP contribution in [0.25, 0.3) is 0 Å². The molecule has 92 valence electrons. The SMILES string of the molecule is CC(C)(CCO)N1C(=O)Cc2cc(N)ccc21. The first-order valence-electron chi connectivity index (χ1n) is 5.78. The van der Waals surface area contributed by atoms with Crippen LogP contribution in [0.4, 0.5) is 11.4 Å². The molecule has 1 heterocycles. The molecule has 4 heteroatoms. The largest absolute Gasteiger partial charge is 0.399 e. The number of benzene rings is 1. The number of aliphatic hydroxyl groups excluding tert-OH is 1. The first kappa shape index (κ1) is 11.9. The number of hydrogen-bond donors (Lipinski definition) is 2. The van der Waals surface area contributed by atoms with Gasteiger partial charge in [0.05, 0.1) is 6.42 Å². The second-order valence-electron chi connectivity index (χ2n) is 5.08. The first-order chi connectivity index (χ1) is 7.95. The van der Waals surface area contributed by atoms with Crippen molar-refractivity contribution in [1.82, 2.24) is 0 Å². The van der Waals surface area contributed by atoms with Crippen LogP contribution < -0.4 is 10.6 Å². The van der Waals surface area contributed by atoms with Gasteiger partial charge in [-0.2, -0.15) is 0 Å². The third-order valence-corrected chi connectivity index (χ3v) is 3.26. The summed E-state index contributed by atoms with van der Waals surface area (Å²) in [5.41, 5.74) is 7.92. The zero-order valence-corrected chi connectivity index (χ0v) is 10.2. The van der Waals surface area contributed by atoms with E-state index in [-0.39, 0.29) is 18.1 Å². The Kier molecular flexibility index (Phi) is 2.83. The number of rotatable bonds is 3. The van der Waals surface area contributed by atoms with Gasteiger partial charge in [-0.25, -0.2) is 0 Å². The number of nitrogens with two attached hydrogens (primary N) is 1. The molecule has 0 saturated carbocycles. The summed E-state index contributed by atoms with van der Waals surface area (Å²) in [6.07, 6.45) is 0.956. The lowest BCUT2D eigenvalue weighted by atomic mass is 9.98. The van der Waals surface area contributed by atoms with Gasteiger partial charge in [-0.1, -0.05) is 0 Å². The lowest BCUT2D eigenvalue weighted by molar-refractivity contribution is -0.118. The predicted molar refractivity (Wildman–Crippen MR) is 67.8 cm³/mol. The molecule has 1 aromatic carbocycles. The maximum atomic E-state index is 12.1. The minimum Gasteiger partial charge on any atom is -0.399 e. The van der Waals surface area contributed by atoms with Gasteiger partial charge in [0.2, 0.25) is 5.91 Å². The standard InChI is InChI=1S/C13H18N2O2/c1-13(2,5-6-16)15-11-4-3-10(14)7-9(11)8-12(15)17/h3-4,7,16H,5-6,8,14H2,1-2H3. The van der Waals surface area contributed by atoms with E-state index >= 15 is 0 Å². The molecule has 0 unspecified atom stereocenters. The van der Waals surface area contributed by atoms with Gasteiger partial charge in [0.25, 0.3) is 0 Å². The molecule has 0 saturated heterocycles. The van der Waals surface area contributed by atoms with E-state index in [0.717, 1.165) is 11.3 Å².